The van der Waals surface area contributed by atoms with E-state index in [1.165, 1.54) is 5.56 Å². The summed E-state index contributed by atoms with van der Waals surface area (Å²) in [5.74, 6) is 0. The molecule has 25 heavy (non-hydrogen) atoms. The second-order valence-electron chi connectivity index (χ2n) is 6.31. The summed E-state index contributed by atoms with van der Waals surface area (Å²) >= 11 is 0. The number of hydrogen-bond acceptors (Lipinski definition) is 1. The van der Waals surface area contributed by atoms with Crippen molar-refractivity contribution in [1.82, 2.24) is 9.55 Å². The van der Waals surface area contributed by atoms with Crippen LogP contribution in [0.2, 0.25) is 0 Å². The summed E-state index contributed by atoms with van der Waals surface area (Å²) in [5, 5.41) is 2.80. The lowest BCUT2D eigenvalue weighted by Gasteiger charge is -2.09. The molecule has 0 fully saturated rings. The molecular weight excluding hydrogens is 308 g/mol. The minimum Gasteiger partial charge on any atom is -0.334 e. The van der Waals surface area contributed by atoms with Gasteiger partial charge in [0.25, 0.3) is 5.56 Å². The summed E-state index contributed by atoms with van der Waals surface area (Å²) in [4.78, 5) is 15.6. The van der Waals surface area contributed by atoms with Crippen LogP contribution >= 0.6 is 0 Å². The second kappa shape index (κ2) is 5.35. The fourth-order valence-electron chi connectivity index (χ4n) is 3.71. The van der Waals surface area contributed by atoms with E-state index in [9.17, 15) is 4.79 Å². The van der Waals surface area contributed by atoms with Crippen molar-refractivity contribution in [3.8, 4) is 0 Å². The van der Waals surface area contributed by atoms with Crippen LogP contribution in [0.4, 0.5) is 0 Å². The molecule has 0 aliphatic rings. The number of aromatic nitrogens is 2. The maximum Gasteiger partial charge on any atom is 0.256 e. The number of para-hydroxylation sites is 1. The number of nitrogens with one attached hydrogen (secondary N) is 1. The molecule has 0 unspecified atom stereocenters. The zero-order valence-corrected chi connectivity index (χ0v) is 13.6. The third-order valence-corrected chi connectivity index (χ3v) is 4.82. The molecule has 120 valence electrons. The van der Waals surface area contributed by atoms with Gasteiger partial charge in [-0.25, -0.2) is 0 Å². The van der Waals surface area contributed by atoms with Crippen LogP contribution in [-0.4, -0.2) is 9.55 Å². The Balaban J connectivity index is 1.96. The Morgan fingerprint density at radius 1 is 0.720 bits per heavy atom. The number of fused-ring (bicyclic) bond motifs is 5. The van der Waals surface area contributed by atoms with Gasteiger partial charge < -0.3 is 9.55 Å². The first-order valence-corrected chi connectivity index (χ1v) is 8.39. The number of rotatable bonds is 2. The van der Waals surface area contributed by atoms with Gasteiger partial charge in [-0.15, -0.1) is 0 Å². The van der Waals surface area contributed by atoms with E-state index in [2.05, 4.69) is 45.9 Å². The molecule has 5 aromatic rings. The van der Waals surface area contributed by atoms with E-state index in [0.29, 0.717) is 0 Å². The molecule has 0 amide bonds. The SMILES string of the molecule is O=c1[nH]c2c3ccccc3n(Cc3ccccc3)c2c2ccccc12. The first-order valence-electron chi connectivity index (χ1n) is 8.39. The smallest absolute Gasteiger partial charge is 0.256 e. The van der Waals surface area contributed by atoms with Crippen LogP contribution in [0.1, 0.15) is 5.56 Å². The summed E-state index contributed by atoms with van der Waals surface area (Å²) in [6.07, 6.45) is 0. The molecule has 0 saturated carbocycles. The third kappa shape index (κ3) is 2.09. The van der Waals surface area contributed by atoms with Crippen molar-refractivity contribution in [3.63, 3.8) is 0 Å². The monoisotopic (exact) mass is 324 g/mol. The van der Waals surface area contributed by atoms with Gasteiger partial charge in [-0.05, 0) is 17.7 Å². The molecule has 0 saturated heterocycles. The second-order valence-corrected chi connectivity index (χ2v) is 6.31. The van der Waals surface area contributed by atoms with Crippen LogP contribution in [0, 0.1) is 0 Å². The fraction of sp³-hybridized carbons (Fsp3) is 0.0455. The average molecular weight is 324 g/mol. The van der Waals surface area contributed by atoms with Crippen molar-refractivity contribution in [2.24, 2.45) is 0 Å². The molecular formula is C22H16N2O. The van der Waals surface area contributed by atoms with Crippen LogP contribution in [0.5, 0.6) is 0 Å². The van der Waals surface area contributed by atoms with Crippen molar-refractivity contribution in [2.45, 2.75) is 6.54 Å². The molecule has 0 radical (unpaired) electrons. The Bertz CT molecular complexity index is 1280. The predicted octanol–water partition coefficient (Wildman–Crippen LogP) is 4.68. The predicted molar refractivity (Wildman–Crippen MR) is 103 cm³/mol. The van der Waals surface area contributed by atoms with Gasteiger partial charge in [-0.3, -0.25) is 4.79 Å². The first-order chi connectivity index (χ1) is 12.3. The first kappa shape index (κ1) is 14.1. The van der Waals surface area contributed by atoms with E-state index >= 15 is 0 Å². The maximum absolute atomic E-state index is 12.5. The lowest BCUT2D eigenvalue weighted by molar-refractivity contribution is 0.871. The van der Waals surface area contributed by atoms with Gasteiger partial charge >= 0.3 is 0 Å². The number of benzene rings is 3. The summed E-state index contributed by atoms with van der Waals surface area (Å²) in [7, 11) is 0. The molecule has 3 heteroatoms. The number of H-pyrrole nitrogens is 1. The van der Waals surface area contributed by atoms with E-state index in [1.807, 2.05) is 42.5 Å². The van der Waals surface area contributed by atoms with Gasteiger partial charge in [-0.1, -0.05) is 66.7 Å². The van der Waals surface area contributed by atoms with Crippen molar-refractivity contribution in [3.05, 3.63) is 94.8 Å². The molecule has 0 aliphatic carbocycles. The Hall–Kier alpha value is -3.33. The lowest BCUT2D eigenvalue weighted by Crippen LogP contribution is -2.07. The molecule has 2 heterocycles. The summed E-state index contributed by atoms with van der Waals surface area (Å²) < 4.78 is 2.30. The minimum absolute atomic E-state index is 0.0364. The number of pyridine rings is 1. The number of hydrogen-bond donors (Lipinski definition) is 1. The molecule has 0 atom stereocenters. The van der Waals surface area contributed by atoms with Gasteiger partial charge in [0.2, 0.25) is 0 Å². The Morgan fingerprint density at radius 2 is 1.36 bits per heavy atom. The van der Waals surface area contributed by atoms with Crippen molar-refractivity contribution in [1.29, 1.82) is 0 Å². The lowest BCUT2D eigenvalue weighted by atomic mass is 10.1. The summed E-state index contributed by atoms with van der Waals surface area (Å²) in [6.45, 7) is 0.765. The molecule has 3 aromatic carbocycles. The van der Waals surface area contributed by atoms with Gasteiger partial charge in [0.1, 0.15) is 0 Å². The van der Waals surface area contributed by atoms with Gasteiger partial charge in [0.15, 0.2) is 0 Å². The highest BCUT2D eigenvalue weighted by molar-refractivity contribution is 6.15. The quantitative estimate of drug-likeness (QED) is 0.503. The maximum atomic E-state index is 12.5. The summed E-state index contributed by atoms with van der Waals surface area (Å²) in [5.41, 5.74) is 4.33. The minimum atomic E-state index is -0.0364. The van der Waals surface area contributed by atoms with Gasteiger partial charge in [0.05, 0.1) is 16.6 Å². The van der Waals surface area contributed by atoms with Gasteiger partial charge in [0, 0.05) is 22.7 Å². The Kier molecular flexibility index (Phi) is 3.01. The van der Waals surface area contributed by atoms with Crippen LogP contribution < -0.4 is 5.56 Å². The van der Waals surface area contributed by atoms with Crippen molar-refractivity contribution < 1.29 is 0 Å². The molecule has 2 aromatic heterocycles. The van der Waals surface area contributed by atoms with Crippen LogP contribution in [-0.2, 0) is 6.54 Å². The zero-order chi connectivity index (χ0) is 16.8. The summed E-state index contributed by atoms with van der Waals surface area (Å²) in [6, 6.07) is 26.5. The van der Waals surface area contributed by atoms with Crippen LogP contribution in [0.15, 0.2) is 83.7 Å². The molecule has 0 spiro atoms. The molecule has 0 aliphatic heterocycles. The van der Waals surface area contributed by atoms with E-state index in [0.717, 1.165) is 39.3 Å². The molecule has 0 bridgehead atoms. The third-order valence-electron chi connectivity index (χ3n) is 4.82. The van der Waals surface area contributed by atoms with E-state index in [4.69, 9.17) is 0 Å². The van der Waals surface area contributed by atoms with Crippen LogP contribution in [0.3, 0.4) is 0 Å². The fourth-order valence-corrected chi connectivity index (χ4v) is 3.71. The van der Waals surface area contributed by atoms with Crippen molar-refractivity contribution >= 4 is 32.7 Å². The van der Waals surface area contributed by atoms with E-state index in [-0.39, 0.29) is 5.56 Å². The molecule has 3 nitrogen and oxygen atoms in total. The largest absolute Gasteiger partial charge is 0.334 e. The zero-order valence-electron chi connectivity index (χ0n) is 13.6. The Morgan fingerprint density at radius 3 is 2.16 bits per heavy atom. The highest BCUT2D eigenvalue weighted by Crippen LogP contribution is 2.31. The van der Waals surface area contributed by atoms with Crippen LogP contribution in [0.25, 0.3) is 32.7 Å². The topological polar surface area (TPSA) is 37.8 Å². The standard InChI is InChI=1S/C22H16N2O/c25-22-17-11-5-4-10-16(17)21-20(23-22)18-12-6-7-13-19(18)24(21)14-15-8-2-1-3-9-15/h1-13H,14H2,(H,23,25). The highest BCUT2D eigenvalue weighted by atomic mass is 16.1. The van der Waals surface area contributed by atoms with Gasteiger partial charge in [-0.2, -0.15) is 0 Å². The molecule has 5 rings (SSSR count). The number of nitrogens with zero attached hydrogens (tertiary/aromatic N) is 1. The normalized spacial score (nSPS) is 11.5. The number of aromatic amines is 1. The molecule has 1 N–H and O–H groups in total. The van der Waals surface area contributed by atoms with Crippen molar-refractivity contribution in [2.75, 3.05) is 0 Å². The highest BCUT2D eigenvalue weighted by Gasteiger charge is 2.15. The average Bonchev–Trinajstić information content (AvgIpc) is 2.97. The Labute approximate surface area is 144 Å². The van der Waals surface area contributed by atoms with E-state index in [1.54, 1.807) is 0 Å². The van der Waals surface area contributed by atoms with E-state index < -0.39 is 0 Å².